The van der Waals surface area contributed by atoms with E-state index in [-0.39, 0.29) is 17.3 Å². The molecule has 1 aromatic rings. The van der Waals surface area contributed by atoms with Gasteiger partial charge in [-0.05, 0) is 44.7 Å². The van der Waals surface area contributed by atoms with Crippen LogP contribution in [0.1, 0.15) is 37.2 Å². The first kappa shape index (κ1) is 13.3. The number of aromatic carboxylic acids is 1. The molecule has 3 N–H and O–H groups in total. The Morgan fingerprint density at radius 3 is 2.53 bits per heavy atom. The highest BCUT2D eigenvalue weighted by Gasteiger charge is 2.38. The van der Waals surface area contributed by atoms with E-state index in [1.54, 1.807) is 0 Å². The lowest BCUT2D eigenvalue weighted by Crippen LogP contribution is -2.47. The SMILES string of the molecule is CC(C)(NC(=O)Nc1ccc(C(=O)O)nc1)C1CC1. The van der Waals surface area contributed by atoms with Crippen LogP contribution in [0.2, 0.25) is 0 Å². The molecule has 102 valence electrons. The van der Waals surface area contributed by atoms with Crippen LogP contribution in [0, 0.1) is 5.92 Å². The largest absolute Gasteiger partial charge is 0.477 e. The van der Waals surface area contributed by atoms with Crippen molar-refractivity contribution < 1.29 is 14.7 Å². The first-order valence-electron chi connectivity index (χ1n) is 6.17. The number of carboxylic acids is 1. The molecule has 0 spiro atoms. The topological polar surface area (TPSA) is 91.3 Å². The van der Waals surface area contributed by atoms with Gasteiger partial charge >= 0.3 is 12.0 Å². The van der Waals surface area contributed by atoms with Crippen molar-refractivity contribution in [1.82, 2.24) is 10.3 Å². The third-order valence-corrected chi connectivity index (χ3v) is 3.27. The molecule has 0 unspecified atom stereocenters. The van der Waals surface area contributed by atoms with E-state index in [9.17, 15) is 9.59 Å². The Balaban J connectivity index is 1.93. The second kappa shape index (κ2) is 4.87. The Morgan fingerprint density at radius 2 is 2.05 bits per heavy atom. The minimum Gasteiger partial charge on any atom is -0.477 e. The lowest BCUT2D eigenvalue weighted by atomic mass is 9.99. The maximum Gasteiger partial charge on any atom is 0.354 e. The Morgan fingerprint density at radius 1 is 1.37 bits per heavy atom. The first-order valence-corrected chi connectivity index (χ1v) is 6.17. The molecule has 6 nitrogen and oxygen atoms in total. The monoisotopic (exact) mass is 263 g/mol. The van der Waals surface area contributed by atoms with Gasteiger partial charge in [0.2, 0.25) is 0 Å². The van der Waals surface area contributed by atoms with E-state index in [2.05, 4.69) is 15.6 Å². The van der Waals surface area contributed by atoms with Gasteiger partial charge in [0.1, 0.15) is 5.69 Å². The predicted octanol–water partition coefficient (Wildman–Crippen LogP) is 2.09. The average Bonchev–Trinajstić information content (AvgIpc) is 3.12. The van der Waals surface area contributed by atoms with E-state index in [0.29, 0.717) is 11.6 Å². The van der Waals surface area contributed by atoms with Gasteiger partial charge in [0.05, 0.1) is 11.9 Å². The highest BCUT2D eigenvalue weighted by atomic mass is 16.4. The van der Waals surface area contributed by atoms with Gasteiger partial charge in [-0.25, -0.2) is 14.6 Å². The van der Waals surface area contributed by atoms with Crippen molar-refractivity contribution in [3.63, 3.8) is 0 Å². The zero-order chi connectivity index (χ0) is 14.0. The van der Waals surface area contributed by atoms with Crippen molar-refractivity contribution in [1.29, 1.82) is 0 Å². The second-order valence-corrected chi connectivity index (χ2v) is 5.31. The van der Waals surface area contributed by atoms with Gasteiger partial charge in [0, 0.05) is 5.54 Å². The molecule has 1 aliphatic carbocycles. The molecular formula is C13H17N3O3. The summed E-state index contributed by atoms with van der Waals surface area (Å²) in [5.74, 6) is -0.559. The summed E-state index contributed by atoms with van der Waals surface area (Å²) in [5.41, 5.74) is 0.191. The van der Waals surface area contributed by atoms with Gasteiger partial charge in [-0.3, -0.25) is 0 Å². The number of anilines is 1. The summed E-state index contributed by atoms with van der Waals surface area (Å²) in [6.45, 7) is 3.99. The summed E-state index contributed by atoms with van der Waals surface area (Å²) < 4.78 is 0. The van der Waals surface area contributed by atoms with Gasteiger partial charge in [-0.2, -0.15) is 0 Å². The van der Waals surface area contributed by atoms with Crippen LogP contribution in [-0.2, 0) is 0 Å². The van der Waals surface area contributed by atoms with Crippen LogP contribution in [0.4, 0.5) is 10.5 Å². The van der Waals surface area contributed by atoms with Gasteiger partial charge in [0.15, 0.2) is 0 Å². The quantitative estimate of drug-likeness (QED) is 0.775. The third kappa shape index (κ3) is 3.43. The van der Waals surface area contributed by atoms with E-state index in [4.69, 9.17) is 5.11 Å². The number of pyridine rings is 1. The number of hydrogen-bond acceptors (Lipinski definition) is 3. The van der Waals surface area contributed by atoms with E-state index in [1.807, 2.05) is 13.8 Å². The van der Waals surface area contributed by atoms with Gasteiger partial charge in [0.25, 0.3) is 0 Å². The molecule has 1 aliphatic rings. The summed E-state index contributed by atoms with van der Waals surface area (Å²) in [5, 5.41) is 14.3. The first-order chi connectivity index (χ1) is 8.88. The van der Waals surface area contributed by atoms with E-state index < -0.39 is 5.97 Å². The van der Waals surface area contributed by atoms with Crippen LogP contribution in [0.3, 0.4) is 0 Å². The fourth-order valence-electron chi connectivity index (χ4n) is 1.96. The van der Waals surface area contributed by atoms with Gasteiger partial charge in [-0.15, -0.1) is 0 Å². The smallest absolute Gasteiger partial charge is 0.354 e. The molecule has 2 rings (SSSR count). The number of nitrogens with zero attached hydrogens (tertiary/aromatic N) is 1. The highest BCUT2D eigenvalue weighted by molar-refractivity contribution is 5.90. The molecule has 0 radical (unpaired) electrons. The fourth-order valence-corrected chi connectivity index (χ4v) is 1.96. The van der Waals surface area contributed by atoms with Crippen LogP contribution in [0.5, 0.6) is 0 Å². The van der Waals surface area contributed by atoms with Crippen molar-refractivity contribution in [2.24, 2.45) is 5.92 Å². The normalized spacial score (nSPS) is 14.8. The van der Waals surface area contributed by atoms with E-state index >= 15 is 0 Å². The fraction of sp³-hybridized carbons (Fsp3) is 0.462. The number of carboxylic acid groups (broad SMARTS) is 1. The molecule has 0 atom stereocenters. The number of nitrogens with one attached hydrogen (secondary N) is 2. The molecule has 1 heterocycles. The third-order valence-electron chi connectivity index (χ3n) is 3.27. The molecule has 0 bridgehead atoms. The number of hydrogen-bond donors (Lipinski definition) is 3. The van der Waals surface area contributed by atoms with Crippen LogP contribution in [0.25, 0.3) is 0 Å². The number of urea groups is 1. The van der Waals surface area contributed by atoms with Crippen molar-refractivity contribution in [3.05, 3.63) is 24.0 Å². The molecule has 2 amide bonds. The minimum absolute atomic E-state index is 0.0516. The predicted molar refractivity (Wildman–Crippen MR) is 70.2 cm³/mol. The Labute approximate surface area is 111 Å². The summed E-state index contributed by atoms with van der Waals surface area (Å²) in [6, 6.07) is 2.56. The zero-order valence-electron chi connectivity index (χ0n) is 10.9. The van der Waals surface area contributed by atoms with Crippen LogP contribution >= 0.6 is 0 Å². The van der Waals surface area contributed by atoms with E-state index in [0.717, 1.165) is 12.8 Å². The number of rotatable bonds is 4. The number of amides is 2. The van der Waals surface area contributed by atoms with Crippen molar-refractivity contribution in [3.8, 4) is 0 Å². The van der Waals surface area contributed by atoms with Crippen molar-refractivity contribution in [2.45, 2.75) is 32.2 Å². The summed E-state index contributed by atoms with van der Waals surface area (Å²) in [6.07, 6.45) is 3.61. The van der Waals surface area contributed by atoms with Crippen LogP contribution in [0.15, 0.2) is 18.3 Å². The standard InChI is InChI=1S/C13H17N3O3/c1-13(2,8-3-4-8)16-12(19)15-9-5-6-10(11(17)18)14-7-9/h5-8H,3-4H2,1-2H3,(H,17,18)(H2,15,16,19). The van der Waals surface area contributed by atoms with Crippen LogP contribution < -0.4 is 10.6 Å². The molecule has 0 aromatic carbocycles. The average molecular weight is 263 g/mol. The van der Waals surface area contributed by atoms with Crippen molar-refractivity contribution >= 4 is 17.7 Å². The number of carbonyl (C=O) groups excluding carboxylic acids is 1. The molecule has 1 fully saturated rings. The van der Waals surface area contributed by atoms with Crippen LogP contribution in [-0.4, -0.2) is 27.6 Å². The summed E-state index contributed by atoms with van der Waals surface area (Å²) in [4.78, 5) is 26.2. The molecule has 0 aliphatic heterocycles. The number of aromatic nitrogens is 1. The second-order valence-electron chi connectivity index (χ2n) is 5.31. The van der Waals surface area contributed by atoms with E-state index in [1.165, 1.54) is 18.3 Å². The molecular weight excluding hydrogens is 246 g/mol. The Hall–Kier alpha value is -2.11. The van der Waals surface area contributed by atoms with Gasteiger partial charge < -0.3 is 15.7 Å². The Kier molecular flexibility index (Phi) is 3.42. The maximum atomic E-state index is 11.8. The minimum atomic E-state index is -1.09. The highest BCUT2D eigenvalue weighted by Crippen LogP contribution is 2.39. The zero-order valence-corrected chi connectivity index (χ0v) is 10.9. The Bertz CT molecular complexity index is 492. The lowest BCUT2D eigenvalue weighted by Gasteiger charge is -2.26. The molecule has 19 heavy (non-hydrogen) atoms. The van der Waals surface area contributed by atoms with Gasteiger partial charge in [-0.1, -0.05) is 0 Å². The molecule has 6 heteroatoms. The summed E-state index contributed by atoms with van der Waals surface area (Å²) in [7, 11) is 0. The number of carbonyl (C=O) groups is 2. The van der Waals surface area contributed by atoms with Crippen molar-refractivity contribution in [2.75, 3.05) is 5.32 Å². The molecule has 1 saturated carbocycles. The molecule has 1 aromatic heterocycles. The maximum absolute atomic E-state index is 11.8. The molecule has 0 saturated heterocycles. The lowest BCUT2D eigenvalue weighted by molar-refractivity contribution is 0.0690. The summed E-state index contributed by atoms with van der Waals surface area (Å²) >= 11 is 0.